The van der Waals surface area contributed by atoms with Crippen LogP contribution >= 0.6 is 0 Å². The van der Waals surface area contributed by atoms with Crippen LogP contribution in [0.5, 0.6) is 0 Å². The van der Waals surface area contributed by atoms with Gasteiger partial charge in [0.25, 0.3) is 0 Å². The summed E-state index contributed by atoms with van der Waals surface area (Å²) in [6.45, 7) is 6.55. The van der Waals surface area contributed by atoms with Gasteiger partial charge in [0.05, 0.1) is 0 Å². The molecule has 1 aliphatic carbocycles. The molecule has 46 heavy (non-hydrogen) atoms. The standard InChI is InChI=1S/C45H34O/c1-27-8-14-30(15-9-27)38-25-39(31-16-10-28(2)11-17-31)35-22-23-37-41(43-24-33-6-4-5-7-42(33)46-43)26-40(32-18-12-29(3)13-19-32)36-21-20-34(38)44(35)45(36)37/h4-10,12-16,18-26H,11,17H2,1-3H3. The molecule has 0 bridgehead atoms. The fourth-order valence-electron chi connectivity index (χ4n) is 7.49. The average Bonchev–Trinajstić information content (AvgIpc) is 3.52. The lowest BCUT2D eigenvalue weighted by molar-refractivity contribution is 0.632. The van der Waals surface area contributed by atoms with Gasteiger partial charge in [-0.3, -0.25) is 0 Å². The average molecular weight is 591 g/mol. The minimum Gasteiger partial charge on any atom is -0.456 e. The molecule has 1 aromatic heterocycles. The highest BCUT2D eigenvalue weighted by molar-refractivity contribution is 6.31. The fraction of sp³-hybridized carbons (Fsp3) is 0.111. The van der Waals surface area contributed by atoms with Gasteiger partial charge in [0.15, 0.2) is 0 Å². The lowest BCUT2D eigenvalue weighted by atomic mass is 9.81. The van der Waals surface area contributed by atoms with Crippen molar-refractivity contribution in [3.63, 3.8) is 0 Å². The zero-order valence-electron chi connectivity index (χ0n) is 26.4. The number of hydrogen-bond donors (Lipinski definition) is 0. The van der Waals surface area contributed by atoms with Gasteiger partial charge < -0.3 is 4.42 Å². The van der Waals surface area contributed by atoms with E-state index in [0.29, 0.717) is 0 Å². The van der Waals surface area contributed by atoms with Gasteiger partial charge >= 0.3 is 0 Å². The number of benzene rings is 7. The molecule has 0 atom stereocenters. The van der Waals surface area contributed by atoms with Crippen LogP contribution in [0.25, 0.3) is 82.4 Å². The first-order valence-corrected chi connectivity index (χ1v) is 16.3. The number of rotatable bonds is 4. The van der Waals surface area contributed by atoms with Crippen LogP contribution in [0.15, 0.2) is 137 Å². The third-order valence-electron chi connectivity index (χ3n) is 10.0. The van der Waals surface area contributed by atoms with Crippen LogP contribution in [-0.2, 0) is 0 Å². The first-order chi connectivity index (χ1) is 22.5. The zero-order valence-corrected chi connectivity index (χ0v) is 26.4. The van der Waals surface area contributed by atoms with Crippen molar-refractivity contribution in [2.24, 2.45) is 0 Å². The quantitative estimate of drug-likeness (QED) is 0.186. The Labute approximate surface area is 269 Å². The molecule has 0 unspecified atom stereocenters. The lowest BCUT2D eigenvalue weighted by Crippen LogP contribution is -1.97. The summed E-state index contributed by atoms with van der Waals surface area (Å²) in [5, 5.41) is 8.88. The van der Waals surface area contributed by atoms with Crippen molar-refractivity contribution in [2.45, 2.75) is 33.6 Å². The molecule has 220 valence electrons. The largest absolute Gasteiger partial charge is 0.456 e. The van der Waals surface area contributed by atoms with Crippen LogP contribution < -0.4 is 0 Å². The van der Waals surface area contributed by atoms with Gasteiger partial charge in [-0.2, -0.15) is 0 Å². The predicted octanol–water partition coefficient (Wildman–Crippen LogP) is 13.1. The predicted molar refractivity (Wildman–Crippen MR) is 197 cm³/mol. The van der Waals surface area contributed by atoms with Crippen molar-refractivity contribution in [3.05, 3.63) is 150 Å². The first-order valence-electron chi connectivity index (χ1n) is 16.3. The summed E-state index contributed by atoms with van der Waals surface area (Å²) in [5.41, 5.74) is 13.8. The highest BCUT2D eigenvalue weighted by Crippen LogP contribution is 2.48. The number of fused-ring (bicyclic) bond motifs is 1. The molecule has 0 saturated heterocycles. The van der Waals surface area contributed by atoms with E-state index in [1.165, 1.54) is 82.4 Å². The SMILES string of the molecule is CC1=CC=C(c2cc(-c3ccc(C)cc3)c3ccc4c(-c5ccc(C)cc5)cc(-c5cc6ccccc6o5)c5ccc2c3c45)CC1. The van der Waals surface area contributed by atoms with E-state index in [0.717, 1.165) is 35.1 Å². The Kier molecular flexibility index (Phi) is 6.05. The molecule has 1 heterocycles. The van der Waals surface area contributed by atoms with Gasteiger partial charge in [-0.15, -0.1) is 0 Å². The van der Waals surface area contributed by atoms with Crippen molar-refractivity contribution in [2.75, 3.05) is 0 Å². The second-order valence-corrected chi connectivity index (χ2v) is 13.1. The van der Waals surface area contributed by atoms with Gasteiger partial charge in [0, 0.05) is 10.9 Å². The molecule has 1 aliphatic rings. The Balaban J connectivity index is 1.45. The Morgan fingerprint density at radius 1 is 0.478 bits per heavy atom. The van der Waals surface area contributed by atoms with Crippen molar-refractivity contribution in [3.8, 4) is 33.6 Å². The van der Waals surface area contributed by atoms with E-state index >= 15 is 0 Å². The zero-order chi connectivity index (χ0) is 30.9. The smallest absolute Gasteiger partial charge is 0.136 e. The van der Waals surface area contributed by atoms with E-state index in [9.17, 15) is 0 Å². The minimum absolute atomic E-state index is 0.905. The van der Waals surface area contributed by atoms with Gasteiger partial charge in [0.1, 0.15) is 11.3 Å². The first kappa shape index (κ1) is 27.0. The Hall–Kier alpha value is -5.40. The molecular weight excluding hydrogens is 556 g/mol. The molecular formula is C45H34O. The number of allylic oxidation sites excluding steroid dienone is 4. The Morgan fingerprint density at radius 2 is 1.02 bits per heavy atom. The monoisotopic (exact) mass is 590 g/mol. The summed E-state index contributed by atoms with van der Waals surface area (Å²) >= 11 is 0. The van der Waals surface area contributed by atoms with Crippen molar-refractivity contribution < 1.29 is 4.42 Å². The molecule has 8 aromatic rings. The van der Waals surface area contributed by atoms with Crippen molar-refractivity contribution in [1.82, 2.24) is 0 Å². The normalized spacial score (nSPS) is 13.6. The summed E-state index contributed by atoms with van der Waals surface area (Å²) in [6.07, 6.45) is 6.80. The van der Waals surface area contributed by atoms with Crippen LogP contribution in [0, 0.1) is 13.8 Å². The van der Waals surface area contributed by atoms with Crippen LogP contribution in [0.2, 0.25) is 0 Å². The highest BCUT2D eigenvalue weighted by atomic mass is 16.3. The molecule has 0 N–H and O–H groups in total. The second-order valence-electron chi connectivity index (χ2n) is 13.1. The number of furan rings is 1. The molecule has 0 aliphatic heterocycles. The Morgan fingerprint density at radius 3 is 1.59 bits per heavy atom. The topological polar surface area (TPSA) is 13.1 Å². The van der Waals surface area contributed by atoms with Gasteiger partial charge in [0.2, 0.25) is 0 Å². The molecule has 0 spiro atoms. The maximum absolute atomic E-state index is 6.57. The molecule has 7 aromatic carbocycles. The minimum atomic E-state index is 0.905. The molecule has 1 heteroatoms. The third kappa shape index (κ3) is 4.23. The van der Waals surface area contributed by atoms with Crippen LogP contribution in [0.4, 0.5) is 0 Å². The second kappa shape index (κ2) is 10.3. The highest BCUT2D eigenvalue weighted by Gasteiger charge is 2.22. The maximum Gasteiger partial charge on any atom is 0.136 e. The summed E-state index contributed by atoms with van der Waals surface area (Å²) in [6, 6.07) is 42.7. The van der Waals surface area contributed by atoms with Gasteiger partial charge in [-0.25, -0.2) is 0 Å². The van der Waals surface area contributed by atoms with Crippen LogP contribution in [0.1, 0.15) is 36.5 Å². The molecule has 9 rings (SSSR count). The molecule has 1 nitrogen and oxygen atoms in total. The lowest BCUT2D eigenvalue weighted by Gasteiger charge is -2.22. The van der Waals surface area contributed by atoms with E-state index in [1.807, 2.05) is 6.07 Å². The van der Waals surface area contributed by atoms with E-state index in [-0.39, 0.29) is 0 Å². The van der Waals surface area contributed by atoms with E-state index in [4.69, 9.17) is 4.42 Å². The summed E-state index contributed by atoms with van der Waals surface area (Å²) < 4.78 is 6.57. The number of hydrogen-bond acceptors (Lipinski definition) is 1. The third-order valence-corrected chi connectivity index (χ3v) is 10.0. The molecule has 0 radical (unpaired) electrons. The number of para-hydroxylation sites is 1. The maximum atomic E-state index is 6.57. The fourth-order valence-corrected chi connectivity index (χ4v) is 7.49. The summed E-state index contributed by atoms with van der Waals surface area (Å²) in [5.74, 6) is 0.905. The van der Waals surface area contributed by atoms with Crippen molar-refractivity contribution in [1.29, 1.82) is 0 Å². The molecule has 0 amide bonds. The van der Waals surface area contributed by atoms with Gasteiger partial charge in [-0.1, -0.05) is 120 Å². The van der Waals surface area contributed by atoms with E-state index in [1.54, 1.807) is 0 Å². The number of aryl methyl sites for hydroxylation is 2. The summed E-state index contributed by atoms with van der Waals surface area (Å²) in [4.78, 5) is 0. The Bertz CT molecular complexity index is 2480. The van der Waals surface area contributed by atoms with Crippen molar-refractivity contribution >= 4 is 48.9 Å². The molecule has 0 fully saturated rings. The van der Waals surface area contributed by atoms with Gasteiger partial charge in [-0.05, 0) is 124 Å². The van der Waals surface area contributed by atoms with Crippen LogP contribution in [-0.4, -0.2) is 0 Å². The summed E-state index contributed by atoms with van der Waals surface area (Å²) in [7, 11) is 0. The van der Waals surface area contributed by atoms with E-state index in [2.05, 4.69) is 142 Å². The van der Waals surface area contributed by atoms with Crippen LogP contribution in [0.3, 0.4) is 0 Å². The molecule has 0 saturated carbocycles. The van der Waals surface area contributed by atoms with E-state index < -0.39 is 0 Å².